The zero-order chi connectivity index (χ0) is 15.1. The smallest absolute Gasteiger partial charge is 0.330 e. The molecule has 0 spiro atoms. The SMILES string of the molecule is CCC1(CC)O[C@@H](n2cc(C)c(=O)[nH]c2=O)[C@H](O)[C@@H]1C. The Morgan fingerprint density at radius 1 is 1.40 bits per heavy atom. The van der Waals surface area contributed by atoms with Crippen molar-refractivity contribution in [1.82, 2.24) is 9.55 Å². The highest BCUT2D eigenvalue weighted by Gasteiger charge is 2.50. The maximum absolute atomic E-state index is 11.9. The van der Waals surface area contributed by atoms with Gasteiger partial charge in [-0.2, -0.15) is 0 Å². The molecule has 0 bridgehead atoms. The summed E-state index contributed by atoms with van der Waals surface area (Å²) < 4.78 is 7.31. The standard InChI is InChI=1S/C14H22N2O4/c1-5-14(6-2)9(4)10(17)12(20-14)16-7-8(3)11(18)15-13(16)19/h7,9-10,12,17H,5-6H2,1-4H3,(H,15,18,19)/t9-,10+,12+/m0/s1. The molecule has 0 saturated carbocycles. The Labute approximate surface area is 117 Å². The summed E-state index contributed by atoms with van der Waals surface area (Å²) >= 11 is 0. The first-order valence-corrected chi connectivity index (χ1v) is 7.04. The van der Waals surface area contributed by atoms with E-state index in [1.807, 2.05) is 20.8 Å². The summed E-state index contributed by atoms with van der Waals surface area (Å²) in [6, 6.07) is 0. The van der Waals surface area contributed by atoms with Crippen molar-refractivity contribution < 1.29 is 9.84 Å². The van der Waals surface area contributed by atoms with Crippen molar-refractivity contribution in [2.45, 2.75) is 58.5 Å². The lowest BCUT2D eigenvalue weighted by atomic mass is 9.83. The topological polar surface area (TPSA) is 84.3 Å². The summed E-state index contributed by atoms with van der Waals surface area (Å²) in [7, 11) is 0. The minimum Gasteiger partial charge on any atom is -0.388 e. The first-order valence-electron chi connectivity index (χ1n) is 7.04. The average Bonchev–Trinajstić information content (AvgIpc) is 2.68. The van der Waals surface area contributed by atoms with Crippen LogP contribution in [0.15, 0.2) is 15.8 Å². The fourth-order valence-corrected chi connectivity index (χ4v) is 3.03. The van der Waals surface area contributed by atoms with Gasteiger partial charge in [0, 0.05) is 17.7 Å². The molecule has 1 fully saturated rings. The second-order valence-corrected chi connectivity index (χ2v) is 5.54. The molecule has 2 rings (SSSR count). The number of nitrogens with zero attached hydrogens (tertiary/aromatic N) is 1. The molecule has 0 unspecified atom stereocenters. The number of aliphatic hydroxyl groups is 1. The molecule has 0 aromatic carbocycles. The molecule has 6 nitrogen and oxygen atoms in total. The number of rotatable bonds is 3. The molecular formula is C14H22N2O4. The lowest BCUT2D eigenvalue weighted by molar-refractivity contribution is -0.0981. The number of nitrogens with one attached hydrogen (secondary N) is 1. The third-order valence-corrected chi connectivity index (χ3v) is 4.61. The van der Waals surface area contributed by atoms with E-state index in [-0.39, 0.29) is 5.92 Å². The highest BCUT2D eigenvalue weighted by Crippen LogP contribution is 2.44. The molecule has 6 heteroatoms. The molecule has 1 aromatic rings. The first-order chi connectivity index (χ1) is 9.36. The first kappa shape index (κ1) is 15.0. The number of aryl methyl sites for hydroxylation is 1. The van der Waals surface area contributed by atoms with E-state index in [0.717, 1.165) is 12.8 Å². The van der Waals surface area contributed by atoms with Crippen molar-refractivity contribution >= 4 is 0 Å². The van der Waals surface area contributed by atoms with Crippen LogP contribution in [0.4, 0.5) is 0 Å². The minimum atomic E-state index is -0.780. The van der Waals surface area contributed by atoms with Crippen molar-refractivity contribution in [2.24, 2.45) is 5.92 Å². The zero-order valence-corrected chi connectivity index (χ0v) is 12.3. The normalized spacial score (nSPS) is 28.8. The van der Waals surface area contributed by atoms with Gasteiger partial charge in [0.2, 0.25) is 0 Å². The van der Waals surface area contributed by atoms with E-state index < -0.39 is 29.2 Å². The second kappa shape index (κ2) is 5.18. The summed E-state index contributed by atoms with van der Waals surface area (Å²) in [5.41, 5.74) is -0.990. The van der Waals surface area contributed by atoms with Crippen LogP contribution >= 0.6 is 0 Å². The molecular weight excluding hydrogens is 260 g/mol. The zero-order valence-electron chi connectivity index (χ0n) is 12.3. The third kappa shape index (κ3) is 2.13. The van der Waals surface area contributed by atoms with E-state index in [1.54, 1.807) is 6.92 Å². The molecule has 0 amide bonds. The monoisotopic (exact) mass is 282 g/mol. The number of aromatic amines is 1. The van der Waals surface area contributed by atoms with Crippen LogP contribution in [0.2, 0.25) is 0 Å². The lowest BCUT2D eigenvalue weighted by Gasteiger charge is -2.30. The summed E-state index contributed by atoms with van der Waals surface area (Å²) in [6.45, 7) is 7.57. The van der Waals surface area contributed by atoms with Crippen LogP contribution in [0.1, 0.15) is 45.4 Å². The van der Waals surface area contributed by atoms with Gasteiger partial charge >= 0.3 is 5.69 Å². The Balaban J connectivity index is 2.47. The van der Waals surface area contributed by atoms with Crippen LogP contribution in [0.3, 0.4) is 0 Å². The van der Waals surface area contributed by atoms with E-state index in [0.29, 0.717) is 5.56 Å². The number of aliphatic hydroxyl groups excluding tert-OH is 1. The maximum Gasteiger partial charge on any atom is 0.330 e. The number of ether oxygens (including phenoxy) is 1. The number of hydrogen-bond acceptors (Lipinski definition) is 4. The van der Waals surface area contributed by atoms with Gasteiger partial charge < -0.3 is 9.84 Å². The summed E-state index contributed by atoms with van der Waals surface area (Å²) in [5.74, 6) is -0.0818. The molecule has 0 radical (unpaired) electrons. The molecule has 2 N–H and O–H groups in total. The molecule has 1 aliphatic heterocycles. The van der Waals surface area contributed by atoms with Crippen molar-refractivity contribution in [3.8, 4) is 0 Å². The molecule has 2 heterocycles. The van der Waals surface area contributed by atoms with Crippen LogP contribution in [0.5, 0.6) is 0 Å². The maximum atomic E-state index is 11.9. The van der Waals surface area contributed by atoms with Crippen molar-refractivity contribution in [1.29, 1.82) is 0 Å². The van der Waals surface area contributed by atoms with E-state index >= 15 is 0 Å². The summed E-state index contributed by atoms with van der Waals surface area (Å²) in [5, 5.41) is 10.4. The van der Waals surface area contributed by atoms with E-state index in [2.05, 4.69) is 4.98 Å². The Morgan fingerprint density at radius 2 is 2.00 bits per heavy atom. The Morgan fingerprint density at radius 3 is 2.50 bits per heavy atom. The van der Waals surface area contributed by atoms with Gasteiger partial charge in [0.1, 0.15) is 6.10 Å². The summed E-state index contributed by atoms with van der Waals surface area (Å²) in [6.07, 6.45) is 1.43. The van der Waals surface area contributed by atoms with Gasteiger partial charge in [0.15, 0.2) is 6.23 Å². The fourth-order valence-electron chi connectivity index (χ4n) is 3.03. The van der Waals surface area contributed by atoms with Crippen LogP contribution < -0.4 is 11.2 Å². The largest absolute Gasteiger partial charge is 0.388 e. The Hall–Kier alpha value is -1.40. The van der Waals surface area contributed by atoms with Gasteiger partial charge in [-0.1, -0.05) is 20.8 Å². The van der Waals surface area contributed by atoms with Gasteiger partial charge in [0.25, 0.3) is 5.56 Å². The van der Waals surface area contributed by atoms with Gasteiger partial charge in [0.05, 0.1) is 5.60 Å². The van der Waals surface area contributed by atoms with Crippen LogP contribution in [-0.4, -0.2) is 26.4 Å². The van der Waals surface area contributed by atoms with Gasteiger partial charge in [-0.3, -0.25) is 14.3 Å². The molecule has 1 saturated heterocycles. The van der Waals surface area contributed by atoms with Crippen LogP contribution in [-0.2, 0) is 4.74 Å². The molecule has 3 atom stereocenters. The Bertz CT molecular complexity index is 600. The number of H-pyrrole nitrogens is 1. The van der Waals surface area contributed by atoms with Gasteiger partial charge in [-0.05, 0) is 19.8 Å². The van der Waals surface area contributed by atoms with E-state index in [4.69, 9.17) is 4.74 Å². The fraction of sp³-hybridized carbons (Fsp3) is 0.714. The molecule has 1 aromatic heterocycles. The number of hydrogen-bond donors (Lipinski definition) is 2. The molecule has 20 heavy (non-hydrogen) atoms. The van der Waals surface area contributed by atoms with E-state index in [9.17, 15) is 14.7 Å². The van der Waals surface area contributed by atoms with E-state index in [1.165, 1.54) is 10.8 Å². The van der Waals surface area contributed by atoms with Crippen LogP contribution in [0, 0.1) is 12.8 Å². The predicted molar refractivity (Wildman–Crippen MR) is 74.7 cm³/mol. The van der Waals surface area contributed by atoms with Crippen molar-refractivity contribution in [3.63, 3.8) is 0 Å². The third-order valence-electron chi connectivity index (χ3n) is 4.61. The highest BCUT2D eigenvalue weighted by atomic mass is 16.5. The van der Waals surface area contributed by atoms with Crippen molar-refractivity contribution in [2.75, 3.05) is 0 Å². The minimum absolute atomic E-state index is 0.0818. The molecule has 1 aliphatic rings. The quantitative estimate of drug-likeness (QED) is 0.863. The highest BCUT2D eigenvalue weighted by molar-refractivity contribution is 5.04. The lowest BCUT2D eigenvalue weighted by Crippen LogP contribution is -2.37. The Kier molecular flexibility index (Phi) is 3.88. The van der Waals surface area contributed by atoms with Crippen LogP contribution in [0.25, 0.3) is 0 Å². The average molecular weight is 282 g/mol. The van der Waals surface area contributed by atoms with Gasteiger partial charge in [-0.15, -0.1) is 0 Å². The second-order valence-electron chi connectivity index (χ2n) is 5.54. The number of aromatic nitrogens is 2. The molecule has 112 valence electrons. The predicted octanol–water partition coefficient (Wildman–Crippen LogP) is 0.930. The molecule has 0 aliphatic carbocycles. The van der Waals surface area contributed by atoms with Gasteiger partial charge in [-0.25, -0.2) is 4.79 Å². The summed E-state index contributed by atoms with van der Waals surface area (Å²) in [4.78, 5) is 25.6. The van der Waals surface area contributed by atoms with Crippen molar-refractivity contribution in [3.05, 3.63) is 32.6 Å².